The lowest BCUT2D eigenvalue weighted by Gasteiger charge is -2.24. The van der Waals surface area contributed by atoms with E-state index in [4.69, 9.17) is 16.3 Å². The van der Waals surface area contributed by atoms with Crippen molar-refractivity contribution >= 4 is 35.0 Å². The molecule has 0 saturated heterocycles. The Morgan fingerprint density at radius 2 is 1.64 bits per heavy atom. The second-order valence-electron chi connectivity index (χ2n) is 11.2. The van der Waals surface area contributed by atoms with Crippen molar-refractivity contribution in [2.24, 2.45) is 0 Å². The quantitative estimate of drug-likeness (QED) is 0.196. The third-order valence-electron chi connectivity index (χ3n) is 7.73. The number of carbonyl (C=O) groups excluding carboxylic acids is 3. The van der Waals surface area contributed by atoms with Crippen LogP contribution >= 0.6 is 11.6 Å². The molecule has 0 saturated carbocycles. The van der Waals surface area contributed by atoms with E-state index in [2.05, 4.69) is 16.4 Å². The van der Waals surface area contributed by atoms with Gasteiger partial charge in [-0.05, 0) is 80.3 Å². The average molecular weight is 607 g/mol. The largest absolute Gasteiger partial charge is 0.489 e. The van der Waals surface area contributed by atoms with Crippen LogP contribution in [-0.4, -0.2) is 50.7 Å². The summed E-state index contributed by atoms with van der Waals surface area (Å²) >= 11 is 6.41. The minimum atomic E-state index is -0.566. The Kier molecular flexibility index (Phi) is 7.93. The molecule has 2 aromatic heterocycles. The van der Waals surface area contributed by atoms with Crippen LogP contribution in [0.15, 0.2) is 91.4 Å². The van der Waals surface area contributed by atoms with E-state index in [0.717, 1.165) is 27.9 Å². The molecule has 9 heteroatoms. The number of imidazole rings is 1. The van der Waals surface area contributed by atoms with Crippen LogP contribution in [0.2, 0.25) is 5.02 Å². The van der Waals surface area contributed by atoms with E-state index in [-0.39, 0.29) is 30.4 Å². The van der Waals surface area contributed by atoms with Gasteiger partial charge in [0, 0.05) is 36.3 Å². The van der Waals surface area contributed by atoms with E-state index in [1.807, 2.05) is 61.8 Å². The van der Waals surface area contributed by atoms with E-state index in [1.54, 1.807) is 48.7 Å². The standard InChI is InChI=1S/C35H31ClN4O4/c1-21(2)44-31-13-12-25(19-30(31)36)33(41)38-26(20-40-34(42)28-6-4-5-7-29(28)35(40)43)18-23-8-10-24(11-9-23)27-14-16-39-17-15-37-32(39)22(27)3/h4-17,19,21,26H,18,20H2,1-3H3,(H,38,41)/t26-/m0/s1. The number of fused-ring (bicyclic) bond motifs is 2. The maximum atomic E-state index is 13.4. The van der Waals surface area contributed by atoms with E-state index < -0.39 is 6.04 Å². The monoisotopic (exact) mass is 606 g/mol. The van der Waals surface area contributed by atoms with Crippen LogP contribution in [0.1, 0.15) is 56.0 Å². The minimum Gasteiger partial charge on any atom is -0.489 e. The predicted molar refractivity (Wildman–Crippen MR) is 169 cm³/mol. The van der Waals surface area contributed by atoms with Crippen LogP contribution in [0, 0.1) is 6.92 Å². The number of nitrogens with one attached hydrogen (secondary N) is 1. The molecule has 1 aliphatic rings. The van der Waals surface area contributed by atoms with E-state index in [0.29, 0.717) is 33.9 Å². The van der Waals surface area contributed by atoms with Gasteiger partial charge in [-0.1, -0.05) is 48.0 Å². The van der Waals surface area contributed by atoms with Crippen molar-refractivity contribution in [2.75, 3.05) is 6.54 Å². The number of nitrogens with zero attached hydrogens (tertiary/aromatic N) is 3. The van der Waals surface area contributed by atoms with Crippen LogP contribution in [0.25, 0.3) is 16.8 Å². The molecular formula is C35H31ClN4O4. The fourth-order valence-electron chi connectivity index (χ4n) is 5.59. The number of ether oxygens (including phenoxy) is 1. The van der Waals surface area contributed by atoms with Gasteiger partial charge in [0.05, 0.1) is 28.3 Å². The lowest BCUT2D eigenvalue weighted by atomic mass is 9.98. The van der Waals surface area contributed by atoms with Crippen LogP contribution in [0.5, 0.6) is 5.75 Å². The molecule has 1 atom stereocenters. The normalized spacial score (nSPS) is 13.4. The van der Waals surface area contributed by atoms with Gasteiger partial charge in [-0.15, -0.1) is 0 Å². The fraction of sp³-hybridized carbons (Fsp3) is 0.200. The van der Waals surface area contributed by atoms with Gasteiger partial charge < -0.3 is 14.5 Å². The predicted octanol–water partition coefficient (Wildman–Crippen LogP) is 6.39. The third-order valence-corrected chi connectivity index (χ3v) is 8.03. The molecule has 44 heavy (non-hydrogen) atoms. The van der Waals surface area contributed by atoms with Crippen LogP contribution in [0.4, 0.5) is 0 Å². The first-order valence-electron chi connectivity index (χ1n) is 14.4. The van der Waals surface area contributed by atoms with Crippen LogP contribution < -0.4 is 10.1 Å². The summed E-state index contributed by atoms with van der Waals surface area (Å²) in [7, 11) is 0. The van der Waals surface area contributed by atoms with Crippen molar-refractivity contribution in [3.8, 4) is 16.9 Å². The molecule has 0 fully saturated rings. The van der Waals surface area contributed by atoms with Gasteiger partial charge in [-0.2, -0.15) is 0 Å². The molecule has 3 aromatic carbocycles. The van der Waals surface area contributed by atoms with E-state index in [9.17, 15) is 14.4 Å². The third kappa shape index (κ3) is 5.68. The number of benzene rings is 3. The SMILES string of the molecule is Cc1c(-c2ccc(C[C@@H](CN3C(=O)c4ccccc4C3=O)NC(=O)c3ccc(OC(C)C)c(Cl)c3)cc2)ccn2ccnc12. The summed E-state index contributed by atoms with van der Waals surface area (Å²) in [6.45, 7) is 5.85. The summed E-state index contributed by atoms with van der Waals surface area (Å²) in [4.78, 5) is 45.5. The molecule has 6 rings (SSSR count). The molecule has 222 valence electrons. The molecule has 5 aromatic rings. The van der Waals surface area contributed by atoms with Crippen LogP contribution in [-0.2, 0) is 6.42 Å². The lowest BCUT2D eigenvalue weighted by molar-refractivity contribution is 0.0628. The number of imide groups is 1. The van der Waals surface area contributed by atoms with E-state index >= 15 is 0 Å². The smallest absolute Gasteiger partial charge is 0.261 e. The average Bonchev–Trinajstić information content (AvgIpc) is 3.59. The summed E-state index contributed by atoms with van der Waals surface area (Å²) in [6, 6.07) is 21.2. The van der Waals surface area contributed by atoms with Gasteiger partial charge in [0.1, 0.15) is 11.4 Å². The highest BCUT2D eigenvalue weighted by atomic mass is 35.5. The first-order chi connectivity index (χ1) is 21.2. The molecule has 8 nitrogen and oxygen atoms in total. The molecule has 3 heterocycles. The highest BCUT2D eigenvalue weighted by molar-refractivity contribution is 6.32. The molecule has 0 aliphatic carbocycles. The number of rotatable bonds is 9. The Morgan fingerprint density at radius 1 is 0.932 bits per heavy atom. The second kappa shape index (κ2) is 12.0. The number of pyridine rings is 1. The summed E-state index contributed by atoms with van der Waals surface area (Å²) in [5.41, 5.74) is 6.11. The van der Waals surface area contributed by atoms with Gasteiger partial charge >= 0.3 is 0 Å². The Labute approximate surface area is 260 Å². The first-order valence-corrected chi connectivity index (χ1v) is 14.8. The van der Waals surface area contributed by atoms with Gasteiger partial charge in [-0.3, -0.25) is 19.3 Å². The number of aromatic nitrogens is 2. The van der Waals surface area contributed by atoms with Gasteiger partial charge in [-0.25, -0.2) is 4.98 Å². The maximum Gasteiger partial charge on any atom is 0.261 e. The van der Waals surface area contributed by atoms with Crippen molar-refractivity contribution < 1.29 is 19.1 Å². The number of halogens is 1. The van der Waals surface area contributed by atoms with Crippen molar-refractivity contribution in [3.05, 3.63) is 124 Å². The number of amides is 3. The molecule has 0 spiro atoms. The molecule has 0 unspecified atom stereocenters. The first kappa shape index (κ1) is 29.1. The number of hydrogen-bond donors (Lipinski definition) is 1. The summed E-state index contributed by atoms with van der Waals surface area (Å²) in [5.74, 6) is -0.626. The molecule has 3 amide bonds. The summed E-state index contributed by atoms with van der Waals surface area (Å²) in [5, 5.41) is 3.36. The Balaban J connectivity index is 1.25. The van der Waals surface area contributed by atoms with Gasteiger partial charge in [0.15, 0.2) is 0 Å². The maximum absolute atomic E-state index is 13.4. The van der Waals surface area contributed by atoms with Gasteiger partial charge in [0.25, 0.3) is 17.7 Å². The summed E-state index contributed by atoms with van der Waals surface area (Å²) < 4.78 is 7.68. The number of hydrogen-bond acceptors (Lipinski definition) is 5. The zero-order chi connectivity index (χ0) is 31.0. The van der Waals surface area contributed by atoms with Crippen molar-refractivity contribution in [1.29, 1.82) is 0 Å². The molecular weight excluding hydrogens is 576 g/mol. The summed E-state index contributed by atoms with van der Waals surface area (Å²) in [6.07, 6.45) is 6.00. The van der Waals surface area contributed by atoms with Crippen LogP contribution in [0.3, 0.4) is 0 Å². The molecule has 0 bridgehead atoms. The number of aryl methyl sites for hydroxylation is 1. The number of carbonyl (C=O) groups is 3. The lowest BCUT2D eigenvalue weighted by Crippen LogP contribution is -2.47. The van der Waals surface area contributed by atoms with Crippen molar-refractivity contribution in [2.45, 2.75) is 39.3 Å². The Morgan fingerprint density at radius 3 is 2.30 bits per heavy atom. The zero-order valence-corrected chi connectivity index (χ0v) is 25.3. The van der Waals surface area contributed by atoms with Crippen molar-refractivity contribution in [1.82, 2.24) is 19.6 Å². The van der Waals surface area contributed by atoms with E-state index in [1.165, 1.54) is 4.90 Å². The fourth-order valence-corrected chi connectivity index (χ4v) is 5.81. The Bertz CT molecular complexity index is 1860. The highest BCUT2D eigenvalue weighted by Gasteiger charge is 2.36. The molecule has 0 radical (unpaired) electrons. The van der Waals surface area contributed by atoms with Crippen molar-refractivity contribution in [3.63, 3.8) is 0 Å². The minimum absolute atomic E-state index is 0.0117. The Hall–Kier alpha value is -4.95. The highest BCUT2D eigenvalue weighted by Crippen LogP contribution is 2.28. The topological polar surface area (TPSA) is 93.0 Å². The molecule has 1 N–H and O–H groups in total. The molecule has 1 aliphatic heterocycles. The second-order valence-corrected chi connectivity index (χ2v) is 11.6. The zero-order valence-electron chi connectivity index (χ0n) is 24.6. The van der Waals surface area contributed by atoms with Gasteiger partial charge in [0.2, 0.25) is 0 Å².